The van der Waals surface area contributed by atoms with E-state index in [-0.39, 0.29) is 18.0 Å². The summed E-state index contributed by atoms with van der Waals surface area (Å²) >= 11 is 0. The minimum absolute atomic E-state index is 0.00593. The number of ether oxygens (including phenoxy) is 1. The molecule has 1 aromatic rings. The van der Waals surface area contributed by atoms with E-state index in [9.17, 15) is 4.79 Å². The van der Waals surface area contributed by atoms with Crippen molar-refractivity contribution in [1.29, 1.82) is 0 Å². The molecule has 2 fully saturated rings. The van der Waals surface area contributed by atoms with Crippen LogP contribution >= 0.6 is 0 Å². The Morgan fingerprint density at radius 2 is 1.72 bits per heavy atom. The molecular weight excluding hydrogens is 310 g/mol. The molecule has 3 nitrogen and oxygen atoms in total. The molecule has 0 radical (unpaired) electrons. The van der Waals surface area contributed by atoms with Crippen molar-refractivity contribution >= 4 is 11.5 Å². The van der Waals surface area contributed by atoms with Crippen LogP contribution in [0.2, 0.25) is 0 Å². The highest BCUT2D eigenvalue weighted by atomic mass is 16.5. The molecular formula is C22H30NO2+. The van der Waals surface area contributed by atoms with E-state index in [4.69, 9.17) is 4.74 Å². The number of nitrogens with zero attached hydrogens (tertiary/aromatic N) is 1. The number of fused-ring (bicyclic) bond motifs is 2. The van der Waals surface area contributed by atoms with Crippen LogP contribution in [0.5, 0.6) is 0 Å². The maximum Gasteiger partial charge on any atom is 0.313 e. The molecule has 0 spiro atoms. The number of carbonyl (C=O) groups is 1. The summed E-state index contributed by atoms with van der Waals surface area (Å²) in [5, 5.41) is 0. The molecule has 2 aliphatic heterocycles. The SMILES string of the molecule is C[N+]1(C)[C@@H]2CC[C@H]1CC(OC(=O)C1CCCC=C1c1ccccc1)C2. The first-order valence-corrected chi connectivity index (χ1v) is 9.85. The van der Waals surface area contributed by atoms with Gasteiger partial charge in [-0.1, -0.05) is 36.4 Å². The second kappa shape index (κ2) is 6.60. The van der Waals surface area contributed by atoms with Crippen LogP contribution in [-0.4, -0.2) is 42.7 Å². The highest BCUT2D eigenvalue weighted by Gasteiger charge is 2.50. The first-order valence-electron chi connectivity index (χ1n) is 9.85. The number of benzene rings is 1. The van der Waals surface area contributed by atoms with Crippen molar-refractivity contribution in [2.24, 2.45) is 5.92 Å². The third kappa shape index (κ3) is 3.15. The molecule has 0 amide bonds. The van der Waals surface area contributed by atoms with E-state index in [1.165, 1.54) is 24.0 Å². The number of rotatable bonds is 3. The first kappa shape index (κ1) is 16.8. The van der Waals surface area contributed by atoms with Crippen LogP contribution in [0, 0.1) is 5.92 Å². The van der Waals surface area contributed by atoms with Gasteiger partial charge in [0.05, 0.1) is 32.1 Å². The molecule has 2 saturated heterocycles. The zero-order chi connectivity index (χ0) is 17.4. The Morgan fingerprint density at radius 3 is 2.40 bits per heavy atom. The molecule has 1 aromatic carbocycles. The Kier molecular flexibility index (Phi) is 4.45. The van der Waals surface area contributed by atoms with Crippen molar-refractivity contribution in [1.82, 2.24) is 0 Å². The highest BCUT2D eigenvalue weighted by molar-refractivity contribution is 5.89. The molecule has 0 aromatic heterocycles. The zero-order valence-electron chi connectivity index (χ0n) is 15.5. The van der Waals surface area contributed by atoms with E-state index in [1.807, 2.05) is 18.2 Å². The van der Waals surface area contributed by atoms with Crippen molar-refractivity contribution in [3.63, 3.8) is 0 Å². The summed E-state index contributed by atoms with van der Waals surface area (Å²) in [6.45, 7) is 0. The second-order valence-electron chi connectivity index (χ2n) is 8.55. The lowest BCUT2D eigenvalue weighted by Crippen LogP contribution is -2.56. The normalized spacial score (nSPS) is 33.6. The topological polar surface area (TPSA) is 26.3 Å². The summed E-state index contributed by atoms with van der Waals surface area (Å²) in [7, 11) is 4.69. The summed E-state index contributed by atoms with van der Waals surface area (Å²) < 4.78 is 7.18. The van der Waals surface area contributed by atoms with Crippen molar-refractivity contribution in [2.75, 3.05) is 14.1 Å². The van der Waals surface area contributed by atoms with Gasteiger partial charge in [0, 0.05) is 25.7 Å². The summed E-state index contributed by atoms with van der Waals surface area (Å²) in [4.78, 5) is 13.0. The number of esters is 1. The van der Waals surface area contributed by atoms with E-state index in [2.05, 4.69) is 32.3 Å². The van der Waals surface area contributed by atoms with Crippen LogP contribution in [-0.2, 0) is 9.53 Å². The monoisotopic (exact) mass is 340 g/mol. The molecule has 4 atom stereocenters. The van der Waals surface area contributed by atoms with Crippen molar-refractivity contribution in [3.8, 4) is 0 Å². The smallest absolute Gasteiger partial charge is 0.313 e. The van der Waals surface area contributed by atoms with E-state index >= 15 is 0 Å². The molecule has 3 heteroatoms. The van der Waals surface area contributed by atoms with Crippen LogP contribution in [0.3, 0.4) is 0 Å². The van der Waals surface area contributed by atoms with Gasteiger partial charge >= 0.3 is 5.97 Å². The Balaban J connectivity index is 1.46. The van der Waals surface area contributed by atoms with Crippen LogP contribution < -0.4 is 0 Å². The van der Waals surface area contributed by atoms with Gasteiger partial charge in [-0.15, -0.1) is 0 Å². The van der Waals surface area contributed by atoms with Gasteiger partial charge in [-0.3, -0.25) is 4.79 Å². The lowest BCUT2D eigenvalue weighted by Gasteiger charge is -2.44. The largest absolute Gasteiger partial charge is 0.461 e. The molecule has 0 N–H and O–H groups in total. The molecule has 0 saturated carbocycles. The standard InChI is InChI=1S/C22H30NO2/c1-23(2)17-12-13-18(23)15-19(14-17)25-22(24)21-11-7-6-10-20(21)16-8-4-3-5-9-16/h3-5,8-10,17-19,21H,6-7,11-15H2,1-2H3/q+1/t17-,18+,19?,21?. The van der Waals surface area contributed by atoms with Gasteiger partial charge in [0.15, 0.2) is 0 Å². The molecule has 2 unspecified atom stereocenters. The Morgan fingerprint density at radius 1 is 1.04 bits per heavy atom. The fourth-order valence-corrected chi connectivity index (χ4v) is 5.24. The minimum Gasteiger partial charge on any atom is -0.461 e. The van der Waals surface area contributed by atoms with Gasteiger partial charge < -0.3 is 9.22 Å². The maximum atomic E-state index is 13.0. The van der Waals surface area contributed by atoms with Crippen LogP contribution in [0.15, 0.2) is 36.4 Å². The Labute approximate surface area is 151 Å². The van der Waals surface area contributed by atoms with Crippen molar-refractivity contribution < 1.29 is 14.0 Å². The predicted octanol–water partition coefficient (Wildman–Crippen LogP) is 4.18. The van der Waals surface area contributed by atoms with E-state index < -0.39 is 0 Å². The predicted molar refractivity (Wildman–Crippen MR) is 99.8 cm³/mol. The third-order valence-corrected chi connectivity index (χ3v) is 6.90. The highest BCUT2D eigenvalue weighted by Crippen LogP contribution is 2.41. The maximum absolute atomic E-state index is 13.0. The molecule has 1 aliphatic carbocycles. The summed E-state index contributed by atoms with van der Waals surface area (Å²) in [5.74, 6) is -0.0790. The first-order chi connectivity index (χ1) is 12.1. The second-order valence-corrected chi connectivity index (χ2v) is 8.55. The summed E-state index contributed by atoms with van der Waals surface area (Å²) in [6.07, 6.45) is 10.1. The number of allylic oxidation sites excluding steroid dienone is 1. The van der Waals surface area contributed by atoms with Gasteiger partial charge in [0.25, 0.3) is 0 Å². The summed E-state index contributed by atoms with van der Waals surface area (Å²) in [5.41, 5.74) is 2.34. The van der Waals surface area contributed by atoms with E-state index in [0.29, 0.717) is 12.1 Å². The third-order valence-electron chi connectivity index (χ3n) is 6.90. The average Bonchev–Trinajstić information content (AvgIpc) is 2.79. The minimum atomic E-state index is -0.0850. The number of quaternary nitrogens is 1. The lowest BCUT2D eigenvalue weighted by molar-refractivity contribution is -0.931. The van der Waals surface area contributed by atoms with E-state index in [0.717, 1.165) is 36.6 Å². The zero-order valence-corrected chi connectivity index (χ0v) is 15.5. The van der Waals surface area contributed by atoms with Crippen molar-refractivity contribution in [3.05, 3.63) is 42.0 Å². The molecule has 2 heterocycles. The van der Waals surface area contributed by atoms with Crippen LogP contribution in [0.1, 0.15) is 50.5 Å². The van der Waals surface area contributed by atoms with Gasteiger partial charge in [0.2, 0.25) is 0 Å². The summed E-state index contributed by atoms with van der Waals surface area (Å²) in [6, 6.07) is 11.7. The van der Waals surface area contributed by atoms with Gasteiger partial charge in [0.1, 0.15) is 6.10 Å². The Hall–Kier alpha value is -1.61. The number of hydrogen-bond donors (Lipinski definition) is 0. The molecule has 3 aliphatic rings. The fourth-order valence-electron chi connectivity index (χ4n) is 5.24. The molecule has 4 rings (SSSR count). The molecule has 134 valence electrons. The quantitative estimate of drug-likeness (QED) is 0.609. The number of carbonyl (C=O) groups excluding carboxylic acids is 1. The van der Waals surface area contributed by atoms with Gasteiger partial charge in [-0.25, -0.2) is 0 Å². The number of hydrogen-bond acceptors (Lipinski definition) is 2. The van der Waals surface area contributed by atoms with Crippen LogP contribution in [0.4, 0.5) is 0 Å². The molecule has 2 bridgehead atoms. The number of piperidine rings is 1. The fraction of sp³-hybridized carbons (Fsp3) is 0.591. The van der Waals surface area contributed by atoms with Gasteiger partial charge in [-0.05, 0) is 30.4 Å². The Bertz CT molecular complexity index is 648. The van der Waals surface area contributed by atoms with Crippen LogP contribution in [0.25, 0.3) is 5.57 Å². The average molecular weight is 340 g/mol. The molecule has 25 heavy (non-hydrogen) atoms. The van der Waals surface area contributed by atoms with Gasteiger partial charge in [-0.2, -0.15) is 0 Å². The van der Waals surface area contributed by atoms with Crippen molar-refractivity contribution in [2.45, 2.75) is 63.1 Å². The van der Waals surface area contributed by atoms with E-state index in [1.54, 1.807) is 0 Å². The lowest BCUT2D eigenvalue weighted by atomic mass is 9.83.